The molecule has 0 amide bonds. The van der Waals surface area contributed by atoms with E-state index in [2.05, 4.69) is 82.3 Å². The van der Waals surface area contributed by atoms with Crippen LogP contribution in [-0.2, 0) is 5.41 Å². The summed E-state index contributed by atoms with van der Waals surface area (Å²) in [6, 6.07) is 19.8. The number of rotatable bonds is 5. The Labute approximate surface area is 123 Å². The zero-order chi connectivity index (χ0) is 14.6. The number of hydrogen-bond donors (Lipinski definition) is 0. The largest absolute Gasteiger partial charge is 0.0648 e. The van der Waals surface area contributed by atoms with Crippen molar-refractivity contribution in [3.8, 4) is 0 Å². The Bertz CT molecular complexity index is 533. The first-order valence-electron chi connectivity index (χ1n) is 7.76. The van der Waals surface area contributed by atoms with Crippen LogP contribution in [-0.4, -0.2) is 0 Å². The van der Waals surface area contributed by atoms with Crippen molar-refractivity contribution in [3.63, 3.8) is 0 Å². The molecule has 0 N–H and O–H groups in total. The Kier molecular flexibility index (Phi) is 4.65. The minimum Gasteiger partial charge on any atom is -0.0648 e. The second-order valence-corrected chi connectivity index (χ2v) is 6.09. The van der Waals surface area contributed by atoms with E-state index in [1.165, 1.54) is 29.5 Å². The SMILES string of the molecule is CCC(CC)c1ccccc1C(C)(C)c1ccccc1. The van der Waals surface area contributed by atoms with Gasteiger partial charge in [-0.25, -0.2) is 0 Å². The average Bonchev–Trinajstić information content (AvgIpc) is 2.50. The van der Waals surface area contributed by atoms with Crippen molar-refractivity contribution in [2.75, 3.05) is 0 Å². The molecule has 0 aromatic heterocycles. The summed E-state index contributed by atoms with van der Waals surface area (Å²) >= 11 is 0. The van der Waals surface area contributed by atoms with Gasteiger partial charge in [0, 0.05) is 5.41 Å². The summed E-state index contributed by atoms with van der Waals surface area (Å²) in [6.07, 6.45) is 2.41. The van der Waals surface area contributed by atoms with Gasteiger partial charge >= 0.3 is 0 Å². The highest BCUT2D eigenvalue weighted by atomic mass is 14.3. The molecule has 0 bridgehead atoms. The van der Waals surface area contributed by atoms with Gasteiger partial charge in [-0.2, -0.15) is 0 Å². The molecule has 0 fully saturated rings. The highest BCUT2D eigenvalue weighted by Crippen LogP contribution is 2.37. The molecule has 0 radical (unpaired) electrons. The molecule has 0 nitrogen and oxygen atoms in total. The standard InChI is InChI=1S/C20H26/c1-5-16(6-2)18-14-10-11-15-19(18)20(3,4)17-12-8-7-9-13-17/h7-16H,5-6H2,1-4H3. The lowest BCUT2D eigenvalue weighted by atomic mass is 9.73. The summed E-state index contributed by atoms with van der Waals surface area (Å²) < 4.78 is 0. The van der Waals surface area contributed by atoms with Crippen molar-refractivity contribution >= 4 is 0 Å². The van der Waals surface area contributed by atoms with Crippen LogP contribution in [0.1, 0.15) is 63.1 Å². The Morgan fingerprint density at radius 1 is 0.800 bits per heavy atom. The maximum Gasteiger partial charge on any atom is 0.0149 e. The molecule has 2 rings (SSSR count). The van der Waals surface area contributed by atoms with E-state index in [9.17, 15) is 0 Å². The number of benzene rings is 2. The molecular formula is C20H26. The summed E-state index contributed by atoms with van der Waals surface area (Å²) in [5.74, 6) is 0.661. The Balaban J connectivity index is 2.52. The normalized spacial score (nSPS) is 11.8. The lowest BCUT2D eigenvalue weighted by Gasteiger charge is -2.31. The van der Waals surface area contributed by atoms with Crippen LogP contribution in [0, 0.1) is 0 Å². The van der Waals surface area contributed by atoms with Crippen LogP contribution in [0.15, 0.2) is 54.6 Å². The second kappa shape index (κ2) is 6.26. The first kappa shape index (κ1) is 14.8. The monoisotopic (exact) mass is 266 g/mol. The molecule has 0 saturated carbocycles. The van der Waals surface area contributed by atoms with Crippen LogP contribution in [0.4, 0.5) is 0 Å². The molecule has 0 atom stereocenters. The smallest absolute Gasteiger partial charge is 0.0149 e. The average molecular weight is 266 g/mol. The Hall–Kier alpha value is -1.56. The van der Waals surface area contributed by atoms with Gasteiger partial charge in [0.25, 0.3) is 0 Å². The van der Waals surface area contributed by atoms with E-state index in [1.807, 2.05) is 0 Å². The van der Waals surface area contributed by atoms with Gasteiger partial charge in [-0.3, -0.25) is 0 Å². The molecule has 0 aliphatic carbocycles. The quantitative estimate of drug-likeness (QED) is 0.630. The van der Waals surface area contributed by atoms with E-state index < -0.39 is 0 Å². The first-order chi connectivity index (χ1) is 9.61. The van der Waals surface area contributed by atoms with Crippen LogP contribution in [0.25, 0.3) is 0 Å². The molecule has 20 heavy (non-hydrogen) atoms. The van der Waals surface area contributed by atoms with Crippen molar-refractivity contribution in [2.24, 2.45) is 0 Å². The highest BCUT2D eigenvalue weighted by molar-refractivity contribution is 5.43. The van der Waals surface area contributed by atoms with Gasteiger partial charge in [0.15, 0.2) is 0 Å². The molecule has 0 heterocycles. The summed E-state index contributed by atoms with van der Waals surface area (Å²) in [6.45, 7) is 9.26. The maximum absolute atomic E-state index is 2.34. The van der Waals surface area contributed by atoms with Crippen molar-refractivity contribution < 1.29 is 0 Å². The molecular weight excluding hydrogens is 240 g/mol. The molecule has 0 heteroatoms. The molecule has 0 spiro atoms. The molecule has 2 aromatic carbocycles. The fourth-order valence-electron chi connectivity index (χ4n) is 3.16. The minimum atomic E-state index is 0.0560. The Morgan fingerprint density at radius 3 is 1.95 bits per heavy atom. The second-order valence-electron chi connectivity index (χ2n) is 6.09. The van der Waals surface area contributed by atoms with Crippen LogP contribution >= 0.6 is 0 Å². The van der Waals surface area contributed by atoms with E-state index in [4.69, 9.17) is 0 Å². The third-order valence-electron chi connectivity index (χ3n) is 4.56. The van der Waals surface area contributed by atoms with E-state index in [1.54, 1.807) is 0 Å². The minimum absolute atomic E-state index is 0.0560. The maximum atomic E-state index is 2.34. The van der Waals surface area contributed by atoms with E-state index >= 15 is 0 Å². The van der Waals surface area contributed by atoms with Crippen LogP contribution in [0.2, 0.25) is 0 Å². The lowest BCUT2D eigenvalue weighted by Crippen LogP contribution is -2.21. The van der Waals surface area contributed by atoms with Crippen LogP contribution in [0.3, 0.4) is 0 Å². The first-order valence-corrected chi connectivity index (χ1v) is 7.76. The van der Waals surface area contributed by atoms with E-state index in [0.717, 1.165) is 0 Å². The van der Waals surface area contributed by atoms with Crippen molar-refractivity contribution in [3.05, 3.63) is 71.3 Å². The summed E-state index contributed by atoms with van der Waals surface area (Å²) in [7, 11) is 0. The summed E-state index contributed by atoms with van der Waals surface area (Å²) in [5, 5.41) is 0. The zero-order valence-corrected chi connectivity index (χ0v) is 13.2. The molecule has 0 aliphatic heterocycles. The van der Waals surface area contributed by atoms with Gasteiger partial charge < -0.3 is 0 Å². The Morgan fingerprint density at radius 2 is 1.35 bits per heavy atom. The third-order valence-corrected chi connectivity index (χ3v) is 4.56. The van der Waals surface area contributed by atoms with E-state index in [-0.39, 0.29) is 5.41 Å². The van der Waals surface area contributed by atoms with Gasteiger partial charge in [-0.15, -0.1) is 0 Å². The molecule has 0 saturated heterocycles. The molecule has 0 unspecified atom stereocenters. The zero-order valence-electron chi connectivity index (χ0n) is 13.2. The van der Waals surface area contributed by atoms with Crippen molar-refractivity contribution in [1.29, 1.82) is 0 Å². The van der Waals surface area contributed by atoms with Crippen LogP contribution < -0.4 is 0 Å². The van der Waals surface area contributed by atoms with Crippen LogP contribution in [0.5, 0.6) is 0 Å². The highest BCUT2D eigenvalue weighted by Gasteiger charge is 2.27. The predicted molar refractivity (Wildman–Crippen MR) is 88.3 cm³/mol. The van der Waals surface area contributed by atoms with Gasteiger partial charge in [0.1, 0.15) is 0 Å². The summed E-state index contributed by atoms with van der Waals surface area (Å²) in [5.41, 5.74) is 4.44. The third kappa shape index (κ3) is 2.80. The number of hydrogen-bond acceptors (Lipinski definition) is 0. The lowest BCUT2D eigenvalue weighted by molar-refractivity contribution is 0.586. The van der Waals surface area contributed by atoms with Gasteiger partial charge in [0.05, 0.1) is 0 Å². The van der Waals surface area contributed by atoms with Crippen molar-refractivity contribution in [1.82, 2.24) is 0 Å². The predicted octanol–water partition coefficient (Wildman–Crippen LogP) is 5.92. The fourth-order valence-corrected chi connectivity index (χ4v) is 3.16. The van der Waals surface area contributed by atoms with Crippen molar-refractivity contribution in [2.45, 2.75) is 51.9 Å². The molecule has 0 aliphatic rings. The molecule has 2 aromatic rings. The van der Waals surface area contributed by atoms with Gasteiger partial charge in [-0.1, -0.05) is 82.3 Å². The fraction of sp³-hybridized carbons (Fsp3) is 0.400. The van der Waals surface area contributed by atoms with Gasteiger partial charge in [0.2, 0.25) is 0 Å². The summed E-state index contributed by atoms with van der Waals surface area (Å²) in [4.78, 5) is 0. The molecule has 106 valence electrons. The van der Waals surface area contributed by atoms with Gasteiger partial charge in [-0.05, 0) is 35.4 Å². The topological polar surface area (TPSA) is 0 Å². The van der Waals surface area contributed by atoms with E-state index in [0.29, 0.717) is 5.92 Å².